The first kappa shape index (κ1) is 21.3. The summed E-state index contributed by atoms with van der Waals surface area (Å²) in [4.78, 5) is 40.7. The molecule has 0 aliphatic heterocycles. The van der Waals surface area contributed by atoms with Crippen molar-refractivity contribution in [3.63, 3.8) is 0 Å². The van der Waals surface area contributed by atoms with Crippen LogP contribution < -0.4 is 21.3 Å². The van der Waals surface area contributed by atoms with Gasteiger partial charge in [-0.2, -0.15) is 0 Å². The highest BCUT2D eigenvalue weighted by molar-refractivity contribution is 7.91. The van der Waals surface area contributed by atoms with Crippen molar-refractivity contribution in [2.24, 2.45) is 21.1 Å². The molecule has 0 atom stereocenters. The van der Waals surface area contributed by atoms with Crippen molar-refractivity contribution in [1.82, 2.24) is 18.7 Å². The number of amides is 1. The van der Waals surface area contributed by atoms with Gasteiger partial charge in [-0.25, -0.2) is 18.2 Å². The third-order valence-electron chi connectivity index (χ3n) is 4.68. The van der Waals surface area contributed by atoms with E-state index in [1.54, 1.807) is 24.3 Å². The molecular weight excluding hydrogens is 414 g/mol. The predicted octanol–water partition coefficient (Wildman–Crippen LogP) is -0.218. The number of nitrogens with zero attached hydrogens (tertiary/aromatic N) is 4. The first-order valence-electron chi connectivity index (χ1n) is 8.86. The molecule has 2 aromatic heterocycles. The summed E-state index contributed by atoms with van der Waals surface area (Å²) in [5, 5.41) is 2.22. The number of rotatable bonds is 6. The van der Waals surface area contributed by atoms with Gasteiger partial charge in [-0.05, 0) is 12.1 Å². The highest BCUT2D eigenvalue weighted by Crippen LogP contribution is 2.23. The highest BCUT2D eigenvalue weighted by Gasteiger charge is 2.26. The predicted molar refractivity (Wildman–Crippen MR) is 109 cm³/mol. The quantitative estimate of drug-likeness (QED) is 0.566. The lowest BCUT2D eigenvalue weighted by molar-refractivity contribution is -0.115. The molecule has 0 fully saturated rings. The standard InChI is InChI=1S/C18H21N5O6S/c1-21-15-14(16(25)23(3)18(26)22(15)2)20-17(21)30(27,28)10-9-13(24)19-11-7-5-6-8-12(11)29-4/h5-8H,9-10H2,1-4H3,(H,19,24). The lowest BCUT2D eigenvalue weighted by Crippen LogP contribution is -2.37. The Bertz CT molecular complexity index is 1370. The van der Waals surface area contributed by atoms with E-state index in [2.05, 4.69) is 10.3 Å². The van der Waals surface area contributed by atoms with Gasteiger partial charge in [0.2, 0.25) is 20.9 Å². The molecule has 0 saturated heterocycles. The number of sulfone groups is 1. The molecule has 0 saturated carbocycles. The van der Waals surface area contributed by atoms with Gasteiger partial charge < -0.3 is 14.6 Å². The van der Waals surface area contributed by atoms with Gasteiger partial charge in [-0.3, -0.25) is 18.7 Å². The third-order valence-corrected chi connectivity index (χ3v) is 6.34. The van der Waals surface area contributed by atoms with E-state index in [0.717, 1.165) is 9.13 Å². The van der Waals surface area contributed by atoms with Crippen LogP contribution in [0.15, 0.2) is 39.0 Å². The second-order valence-corrected chi connectivity index (χ2v) is 8.65. The minimum atomic E-state index is -4.02. The molecule has 0 radical (unpaired) electrons. The summed E-state index contributed by atoms with van der Waals surface area (Å²) in [6, 6.07) is 6.74. The van der Waals surface area contributed by atoms with Gasteiger partial charge in [-0.1, -0.05) is 12.1 Å². The molecule has 1 aromatic carbocycles. The van der Waals surface area contributed by atoms with Gasteiger partial charge in [0.25, 0.3) is 5.56 Å². The van der Waals surface area contributed by atoms with Crippen LogP contribution in [0, 0.1) is 0 Å². The van der Waals surface area contributed by atoms with Crippen molar-refractivity contribution >= 4 is 32.6 Å². The summed E-state index contributed by atoms with van der Waals surface area (Å²) in [5.74, 6) is -0.606. The number of ether oxygens (including phenoxy) is 1. The number of aromatic nitrogens is 4. The third kappa shape index (κ3) is 3.61. The van der Waals surface area contributed by atoms with Crippen LogP contribution in [-0.4, -0.2) is 45.9 Å². The lowest BCUT2D eigenvalue weighted by Gasteiger charge is -2.10. The van der Waals surface area contributed by atoms with E-state index in [4.69, 9.17) is 4.74 Å². The SMILES string of the molecule is COc1ccccc1NC(=O)CCS(=O)(=O)c1nc2c(=O)n(C)c(=O)n(C)c2n1C. The van der Waals surface area contributed by atoms with Crippen LogP contribution in [0.5, 0.6) is 5.75 Å². The van der Waals surface area contributed by atoms with Crippen LogP contribution >= 0.6 is 0 Å². The smallest absolute Gasteiger partial charge is 0.332 e. The van der Waals surface area contributed by atoms with Crippen molar-refractivity contribution in [3.8, 4) is 5.75 Å². The molecule has 11 nitrogen and oxygen atoms in total. The molecule has 1 amide bonds. The van der Waals surface area contributed by atoms with Crippen molar-refractivity contribution in [1.29, 1.82) is 0 Å². The van der Waals surface area contributed by atoms with E-state index in [0.29, 0.717) is 11.4 Å². The van der Waals surface area contributed by atoms with Gasteiger partial charge >= 0.3 is 5.69 Å². The van der Waals surface area contributed by atoms with Gasteiger partial charge in [0.15, 0.2) is 11.2 Å². The Kier molecular flexibility index (Phi) is 5.53. The monoisotopic (exact) mass is 435 g/mol. The van der Waals surface area contributed by atoms with E-state index >= 15 is 0 Å². The summed E-state index contributed by atoms with van der Waals surface area (Å²) >= 11 is 0. The topological polar surface area (TPSA) is 134 Å². The summed E-state index contributed by atoms with van der Waals surface area (Å²) in [6.07, 6.45) is -0.333. The summed E-state index contributed by atoms with van der Waals surface area (Å²) in [7, 11) is 1.54. The van der Waals surface area contributed by atoms with Gasteiger partial charge in [0, 0.05) is 27.6 Å². The number of anilines is 1. The van der Waals surface area contributed by atoms with E-state index < -0.39 is 32.7 Å². The fourth-order valence-electron chi connectivity index (χ4n) is 3.12. The first-order chi connectivity index (χ1) is 14.1. The van der Waals surface area contributed by atoms with Crippen LogP contribution in [0.2, 0.25) is 0 Å². The minimum Gasteiger partial charge on any atom is -0.495 e. The largest absolute Gasteiger partial charge is 0.495 e. The molecular formula is C18H21N5O6S. The van der Waals surface area contributed by atoms with Crippen LogP contribution in [0.25, 0.3) is 11.2 Å². The average Bonchev–Trinajstić information content (AvgIpc) is 3.08. The van der Waals surface area contributed by atoms with Gasteiger partial charge in [-0.15, -0.1) is 0 Å². The van der Waals surface area contributed by atoms with Crippen LogP contribution in [-0.2, 0) is 35.8 Å². The zero-order valence-corrected chi connectivity index (χ0v) is 17.7. The molecule has 30 heavy (non-hydrogen) atoms. The molecule has 0 spiro atoms. The summed E-state index contributed by atoms with van der Waals surface area (Å²) in [5.41, 5.74) is -0.933. The molecule has 3 aromatic rings. The fourth-order valence-corrected chi connectivity index (χ4v) is 4.49. The Hall–Kier alpha value is -3.41. The van der Waals surface area contributed by atoms with Crippen LogP contribution in [0.4, 0.5) is 5.69 Å². The van der Waals surface area contributed by atoms with Gasteiger partial charge in [0.1, 0.15) is 5.75 Å². The number of hydrogen-bond acceptors (Lipinski definition) is 7. The number of hydrogen-bond donors (Lipinski definition) is 1. The zero-order valence-electron chi connectivity index (χ0n) is 16.9. The average molecular weight is 435 g/mol. The molecule has 2 heterocycles. The van der Waals surface area contributed by atoms with Crippen LogP contribution in [0.1, 0.15) is 6.42 Å². The first-order valence-corrected chi connectivity index (χ1v) is 10.5. The molecule has 160 valence electrons. The Morgan fingerprint density at radius 3 is 2.43 bits per heavy atom. The maximum atomic E-state index is 12.8. The molecule has 3 rings (SSSR count). The van der Waals surface area contributed by atoms with Crippen molar-refractivity contribution in [3.05, 3.63) is 45.1 Å². The highest BCUT2D eigenvalue weighted by atomic mass is 32.2. The number of para-hydroxylation sites is 2. The fraction of sp³-hybridized carbons (Fsp3) is 0.333. The molecule has 0 bridgehead atoms. The van der Waals surface area contributed by atoms with E-state index in [-0.39, 0.29) is 22.7 Å². The van der Waals surface area contributed by atoms with E-state index in [1.165, 1.54) is 32.8 Å². The summed E-state index contributed by atoms with van der Waals surface area (Å²) < 4.78 is 33.9. The number of fused-ring (bicyclic) bond motifs is 1. The summed E-state index contributed by atoms with van der Waals surface area (Å²) in [6.45, 7) is 0. The van der Waals surface area contributed by atoms with Crippen LogP contribution in [0.3, 0.4) is 0 Å². The minimum absolute atomic E-state index is 0.0835. The molecule has 12 heteroatoms. The van der Waals surface area contributed by atoms with E-state index in [9.17, 15) is 22.8 Å². The number of imidazole rings is 1. The Morgan fingerprint density at radius 1 is 1.10 bits per heavy atom. The number of carbonyl (C=O) groups is 1. The Morgan fingerprint density at radius 2 is 1.77 bits per heavy atom. The molecule has 0 aliphatic carbocycles. The number of nitrogens with one attached hydrogen (secondary N) is 1. The number of benzene rings is 1. The Labute approximate surface area is 171 Å². The van der Waals surface area contributed by atoms with E-state index in [1.807, 2.05) is 0 Å². The van der Waals surface area contributed by atoms with Crippen molar-refractivity contribution in [2.45, 2.75) is 11.6 Å². The second-order valence-electron chi connectivity index (χ2n) is 6.65. The van der Waals surface area contributed by atoms with Crippen molar-refractivity contribution in [2.75, 3.05) is 18.2 Å². The normalized spacial score (nSPS) is 11.6. The molecule has 0 aliphatic rings. The molecule has 0 unspecified atom stereocenters. The molecule has 1 N–H and O–H groups in total. The maximum Gasteiger partial charge on any atom is 0.332 e. The Balaban J connectivity index is 1.88. The van der Waals surface area contributed by atoms with Crippen molar-refractivity contribution < 1.29 is 17.9 Å². The number of carbonyl (C=O) groups excluding carboxylic acids is 1. The number of methoxy groups -OCH3 is 1. The van der Waals surface area contributed by atoms with Gasteiger partial charge in [0.05, 0.1) is 18.6 Å². The lowest BCUT2D eigenvalue weighted by atomic mass is 10.3. The zero-order chi connectivity index (χ0) is 22.2. The second kappa shape index (κ2) is 7.78. The maximum absolute atomic E-state index is 12.8. The number of aryl methyl sites for hydroxylation is 2.